The molecular formula is C28H36N6O2S. The predicted octanol–water partition coefficient (Wildman–Crippen LogP) is 4.85. The summed E-state index contributed by atoms with van der Waals surface area (Å²) in [6, 6.07) is 6.43. The fourth-order valence-corrected chi connectivity index (χ4v) is 6.13. The predicted molar refractivity (Wildman–Crippen MR) is 151 cm³/mol. The van der Waals surface area contributed by atoms with E-state index in [1.807, 2.05) is 13.8 Å². The zero-order chi connectivity index (χ0) is 26.1. The molecule has 0 aliphatic carbocycles. The first-order valence-corrected chi connectivity index (χ1v) is 13.8. The number of likely N-dealkylation sites (N-methyl/N-ethyl adjacent to an activating group) is 1. The molecule has 3 N–H and O–H groups in total. The number of fused-ring (bicyclic) bond motifs is 1. The number of rotatable bonds is 7. The van der Waals surface area contributed by atoms with Crippen LogP contribution in [0.15, 0.2) is 30.5 Å². The van der Waals surface area contributed by atoms with Gasteiger partial charge in [-0.3, -0.25) is 4.79 Å². The van der Waals surface area contributed by atoms with E-state index in [0.29, 0.717) is 16.7 Å². The van der Waals surface area contributed by atoms with E-state index in [1.54, 1.807) is 6.20 Å². The fraction of sp³-hybridized carbons (Fsp3) is 0.464. The number of carbonyl (C=O) groups excluding carboxylic acids is 1. The standard InChI is InChI=1S/C28H36N6O2S/c1-17(2)36-22-15-20(18-7-11-33(3)12-8-18)5-6-21(22)31-28-30-16-23-25(32-28)24(26(37-23)27(29)35)19-9-13-34(4)14-10-19/h5-6,9,15-18H,7-8,10-14H2,1-4H3,(H2,29,35)(H,30,31,32). The molecule has 1 aromatic carbocycles. The van der Waals surface area contributed by atoms with Crippen LogP contribution >= 0.6 is 11.3 Å². The van der Waals surface area contributed by atoms with Crippen molar-refractivity contribution in [3.05, 3.63) is 46.5 Å². The Bertz CT molecular complexity index is 1330. The van der Waals surface area contributed by atoms with E-state index in [9.17, 15) is 4.79 Å². The van der Waals surface area contributed by atoms with Crippen molar-refractivity contribution in [1.82, 2.24) is 19.8 Å². The number of nitrogens with one attached hydrogen (secondary N) is 1. The normalized spacial score (nSPS) is 17.8. The summed E-state index contributed by atoms with van der Waals surface area (Å²) in [5.74, 6) is 1.38. The van der Waals surface area contributed by atoms with Crippen molar-refractivity contribution in [2.45, 2.75) is 45.1 Å². The third kappa shape index (κ3) is 5.63. The van der Waals surface area contributed by atoms with Gasteiger partial charge in [0.15, 0.2) is 0 Å². The van der Waals surface area contributed by atoms with Gasteiger partial charge in [-0.25, -0.2) is 9.97 Å². The van der Waals surface area contributed by atoms with Crippen molar-refractivity contribution in [3.8, 4) is 5.75 Å². The lowest BCUT2D eigenvalue weighted by Crippen LogP contribution is -2.29. The Balaban J connectivity index is 1.49. The Morgan fingerprint density at radius 2 is 1.97 bits per heavy atom. The Labute approximate surface area is 222 Å². The lowest BCUT2D eigenvalue weighted by atomic mass is 9.89. The minimum absolute atomic E-state index is 0.0367. The average molecular weight is 521 g/mol. The highest BCUT2D eigenvalue weighted by Gasteiger charge is 2.24. The largest absolute Gasteiger partial charge is 0.489 e. The van der Waals surface area contributed by atoms with Crippen LogP contribution in [0.3, 0.4) is 0 Å². The first kappa shape index (κ1) is 25.6. The molecule has 1 saturated heterocycles. The lowest BCUT2D eigenvalue weighted by molar-refractivity contribution is 0.100. The van der Waals surface area contributed by atoms with Crippen molar-refractivity contribution in [1.29, 1.82) is 0 Å². The first-order valence-electron chi connectivity index (χ1n) is 13.0. The van der Waals surface area contributed by atoms with Crippen molar-refractivity contribution in [2.24, 2.45) is 5.73 Å². The van der Waals surface area contributed by atoms with Gasteiger partial charge < -0.3 is 25.6 Å². The van der Waals surface area contributed by atoms with Gasteiger partial charge in [0.25, 0.3) is 5.91 Å². The van der Waals surface area contributed by atoms with E-state index in [1.165, 1.54) is 16.9 Å². The molecule has 0 radical (unpaired) electrons. The van der Waals surface area contributed by atoms with E-state index in [-0.39, 0.29) is 6.10 Å². The molecule has 8 nitrogen and oxygen atoms in total. The second-order valence-electron chi connectivity index (χ2n) is 10.4. The highest BCUT2D eigenvalue weighted by atomic mass is 32.1. The molecule has 4 heterocycles. The summed E-state index contributed by atoms with van der Waals surface area (Å²) in [6.45, 7) is 8.06. The van der Waals surface area contributed by atoms with Crippen LogP contribution in [-0.4, -0.2) is 72.1 Å². The topological polar surface area (TPSA) is 96.6 Å². The molecule has 0 spiro atoms. The Morgan fingerprint density at radius 3 is 2.65 bits per heavy atom. The number of likely N-dealkylation sites (tertiary alicyclic amines) is 1. The number of nitrogens with zero attached hydrogens (tertiary/aromatic N) is 4. The maximum atomic E-state index is 12.3. The molecule has 2 aliphatic heterocycles. The number of benzene rings is 1. The summed E-state index contributed by atoms with van der Waals surface area (Å²) in [4.78, 5) is 26.9. The highest BCUT2D eigenvalue weighted by Crippen LogP contribution is 2.39. The summed E-state index contributed by atoms with van der Waals surface area (Å²) < 4.78 is 7.07. The highest BCUT2D eigenvalue weighted by molar-refractivity contribution is 7.21. The van der Waals surface area contributed by atoms with Crippen LogP contribution in [0.2, 0.25) is 0 Å². The third-order valence-corrected chi connectivity index (χ3v) is 8.32. The van der Waals surface area contributed by atoms with Gasteiger partial charge in [0.05, 0.1) is 28.2 Å². The number of carbonyl (C=O) groups is 1. The summed E-state index contributed by atoms with van der Waals surface area (Å²) in [5, 5.41) is 3.39. The fourth-order valence-electron chi connectivity index (χ4n) is 5.13. The van der Waals surface area contributed by atoms with E-state index in [4.69, 9.17) is 15.5 Å². The molecule has 2 aromatic heterocycles. The Kier molecular flexibility index (Phi) is 7.46. The van der Waals surface area contributed by atoms with Gasteiger partial charge in [0.2, 0.25) is 5.95 Å². The van der Waals surface area contributed by atoms with E-state index < -0.39 is 5.91 Å². The number of nitrogens with two attached hydrogens (primary N) is 1. The maximum Gasteiger partial charge on any atom is 0.259 e. The van der Waals surface area contributed by atoms with Crippen LogP contribution < -0.4 is 15.8 Å². The number of anilines is 2. The SMILES string of the molecule is CC(C)Oc1cc(C2CCN(C)CC2)ccc1Nc1ncc2sc(C(N)=O)c(C3=CCN(C)CC3)c2n1. The van der Waals surface area contributed by atoms with Crippen LogP contribution in [0.25, 0.3) is 15.8 Å². The number of amides is 1. The van der Waals surface area contributed by atoms with E-state index >= 15 is 0 Å². The van der Waals surface area contributed by atoms with Crippen LogP contribution in [-0.2, 0) is 0 Å². The minimum atomic E-state index is -0.426. The number of ether oxygens (including phenoxy) is 1. The molecule has 0 bridgehead atoms. The zero-order valence-corrected chi connectivity index (χ0v) is 22.9. The molecule has 1 fully saturated rings. The van der Waals surface area contributed by atoms with Crippen LogP contribution in [0.4, 0.5) is 11.6 Å². The summed E-state index contributed by atoms with van der Waals surface area (Å²) in [5.41, 5.74) is 10.6. The Morgan fingerprint density at radius 1 is 1.19 bits per heavy atom. The van der Waals surface area contributed by atoms with Crippen molar-refractivity contribution >= 4 is 44.7 Å². The van der Waals surface area contributed by atoms with Gasteiger partial charge in [-0.15, -0.1) is 11.3 Å². The molecule has 37 heavy (non-hydrogen) atoms. The molecule has 0 atom stereocenters. The number of hydrogen-bond donors (Lipinski definition) is 2. The third-order valence-electron chi connectivity index (χ3n) is 7.19. The van der Waals surface area contributed by atoms with Crippen molar-refractivity contribution in [3.63, 3.8) is 0 Å². The quantitative estimate of drug-likeness (QED) is 0.460. The summed E-state index contributed by atoms with van der Waals surface area (Å²) in [6.07, 6.45) is 7.13. The second-order valence-corrected chi connectivity index (χ2v) is 11.5. The van der Waals surface area contributed by atoms with Crippen LogP contribution in [0.5, 0.6) is 5.75 Å². The van der Waals surface area contributed by atoms with Gasteiger partial charge in [0, 0.05) is 18.7 Å². The molecule has 196 valence electrons. The first-order chi connectivity index (χ1) is 17.8. The molecule has 3 aromatic rings. The van der Waals surface area contributed by atoms with Gasteiger partial charge in [-0.1, -0.05) is 12.1 Å². The molecule has 0 unspecified atom stereocenters. The zero-order valence-electron chi connectivity index (χ0n) is 22.1. The average Bonchev–Trinajstić information content (AvgIpc) is 3.25. The number of hydrogen-bond acceptors (Lipinski definition) is 8. The molecule has 5 rings (SSSR count). The van der Waals surface area contributed by atoms with Gasteiger partial charge in [-0.05, 0) is 89.5 Å². The summed E-state index contributed by atoms with van der Waals surface area (Å²) in [7, 11) is 4.27. The molecular weight excluding hydrogens is 484 g/mol. The van der Waals surface area contributed by atoms with Crippen LogP contribution in [0.1, 0.15) is 59.8 Å². The second kappa shape index (κ2) is 10.8. The number of aromatic nitrogens is 2. The number of thiophene rings is 1. The van der Waals surface area contributed by atoms with Crippen molar-refractivity contribution in [2.75, 3.05) is 45.6 Å². The number of piperidine rings is 1. The smallest absolute Gasteiger partial charge is 0.259 e. The van der Waals surface area contributed by atoms with E-state index in [0.717, 1.165) is 78.2 Å². The number of primary amides is 1. The molecule has 1 amide bonds. The lowest BCUT2D eigenvalue weighted by Gasteiger charge is -2.29. The maximum absolute atomic E-state index is 12.3. The summed E-state index contributed by atoms with van der Waals surface area (Å²) >= 11 is 1.36. The molecule has 9 heteroatoms. The van der Waals surface area contributed by atoms with Crippen LogP contribution in [0, 0.1) is 0 Å². The molecule has 0 saturated carbocycles. The van der Waals surface area contributed by atoms with Gasteiger partial charge in [-0.2, -0.15) is 0 Å². The van der Waals surface area contributed by atoms with Crippen molar-refractivity contribution < 1.29 is 9.53 Å². The van der Waals surface area contributed by atoms with Gasteiger partial charge in [0.1, 0.15) is 10.6 Å². The molecule has 2 aliphatic rings. The minimum Gasteiger partial charge on any atom is -0.489 e. The van der Waals surface area contributed by atoms with Gasteiger partial charge >= 0.3 is 0 Å². The monoisotopic (exact) mass is 520 g/mol. The van der Waals surface area contributed by atoms with E-state index in [2.05, 4.69) is 58.5 Å². The Hall–Kier alpha value is -3.01.